The fourth-order valence-electron chi connectivity index (χ4n) is 2.22. The summed E-state index contributed by atoms with van der Waals surface area (Å²) in [4.78, 5) is 2.54. The van der Waals surface area contributed by atoms with Gasteiger partial charge in [0.15, 0.2) is 0 Å². The number of rotatable bonds is 3. The monoisotopic (exact) mass is 264 g/mol. The van der Waals surface area contributed by atoms with Gasteiger partial charge >= 0.3 is 0 Å². The molecule has 0 atom stereocenters. The molecule has 0 bridgehead atoms. The van der Waals surface area contributed by atoms with Crippen LogP contribution in [0.25, 0.3) is 0 Å². The third-order valence-corrected chi connectivity index (χ3v) is 3.24. The molecule has 0 amide bonds. The van der Waals surface area contributed by atoms with E-state index >= 15 is 0 Å². The molecule has 0 aliphatic carbocycles. The Morgan fingerprint density at radius 2 is 1.53 bits per heavy atom. The molecule has 0 aromatic heterocycles. The normalized spacial score (nSPS) is 15.8. The number of nitrogens with one attached hydrogen (secondary N) is 1. The summed E-state index contributed by atoms with van der Waals surface area (Å²) in [7, 11) is 2.07. The van der Waals surface area contributed by atoms with Crippen LogP contribution in [0.15, 0.2) is 30.3 Å². The molecule has 110 valence electrons. The molecule has 0 unspecified atom stereocenters. The predicted octanol–water partition coefficient (Wildman–Crippen LogP) is 3.92. The summed E-state index contributed by atoms with van der Waals surface area (Å²) < 4.78 is 0. The molecule has 1 N–H and O–H groups in total. The van der Waals surface area contributed by atoms with Gasteiger partial charge in [-0.05, 0) is 38.5 Å². The lowest BCUT2D eigenvalue weighted by molar-refractivity contribution is 0.194. The lowest BCUT2D eigenvalue weighted by atomic mass is 10.0. The molecular weight excluding hydrogens is 232 g/mol. The van der Waals surface area contributed by atoms with Crippen molar-refractivity contribution in [3.63, 3.8) is 0 Å². The Kier molecular flexibility index (Phi) is 11.6. The van der Waals surface area contributed by atoms with Crippen molar-refractivity contribution >= 4 is 0 Å². The molecule has 0 radical (unpaired) electrons. The first kappa shape index (κ1) is 18.1. The van der Waals surface area contributed by atoms with E-state index in [9.17, 15) is 0 Å². The van der Waals surface area contributed by atoms with Crippen molar-refractivity contribution in [1.82, 2.24) is 10.2 Å². The average molecular weight is 264 g/mol. The molecule has 0 spiro atoms. The van der Waals surface area contributed by atoms with Crippen molar-refractivity contribution < 1.29 is 0 Å². The number of benzene rings is 1. The van der Waals surface area contributed by atoms with Crippen molar-refractivity contribution in [2.24, 2.45) is 0 Å². The number of likely N-dealkylation sites (tertiary alicyclic amines) is 1. The summed E-state index contributed by atoms with van der Waals surface area (Å²) in [6.45, 7) is 11.6. The minimum absolute atomic E-state index is 0.733. The number of hydrogen-bond acceptors (Lipinski definition) is 2. The lowest BCUT2D eigenvalue weighted by Gasteiger charge is -2.31. The second-order valence-corrected chi connectivity index (χ2v) is 4.32. The Hall–Kier alpha value is -0.860. The Morgan fingerprint density at radius 3 is 2.00 bits per heavy atom. The van der Waals surface area contributed by atoms with Crippen LogP contribution in [-0.4, -0.2) is 31.1 Å². The zero-order valence-corrected chi connectivity index (χ0v) is 13.4. The molecule has 1 aliphatic heterocycles. The summed E-state index contributed by atoms with van der Waals surface area (Å²) in [5.41, 5.74) is 1.43. The standard InChI is InChI=1S/C13H20N2.2C2H6/c1-14-13-7-9-15(10-8-13)11-12-5-3-2-4-6-12;2*1-2/h2-6,13-14H,7-11H2,1H3;2*1-2H3. The van der Waals surface area contributed by atoms with Crippen LogP contribution in [0.4, 0.5) is 0 Å². The Balaban J connectivity index is 0.000000741. The third kappa shape index (κ3) is 7.34. The van der Waals surface area contributed by atoms with Gasteiger partial charge in [0.25, 0.3) is 0 Å². The van der Waals surface area contributed by atoms with Crippen LogP contribution in [0.5, 0.6) is 0 Å². The highest BCUT2D eigenvalue weighted by molar-refractivity contribution is 5.14. The average Bonchev–Trinajstić information content (AvgIpc) is 2.53. The van der Waals surface area contributed by atoms with Crippen molar-refractivity contribution in [2.45, 2.75) is 53.1 Å². The van der Waals surface area contributed by atoms with E-state index < -0.39 is 0 Å². The van der Waals surface area contributed by atoms with Gasteiger partial charge in [0.05, 0.1) is 0 Å². The zero-order chi connectivity index (χ0) is 14.5. The molecule has 1 aliphatic rings. The van der Waals surface area contributed by atoms with Crippen molar-refractivity contribution in [3.8, 4) is 0 Å². The van der Waals surface area contributed by atoms with Gasteiger partial charge in [-0.3, -0.25) is 4.90 Å². The molecule has 1 heterocycles. The van der Waals surface area contributed by atoms with E-state index in [0.717, 1.165) is 12.6 Å². The minimum atomic E-state index is 0.733. The summed E-state index contributed by atoms with van der Waals surface area (Å²) in [5, 5.41) is 3.36. The molecule has 2 rings (SSSR count). The van der Waals surface area contributed by atoms with Gasteiger partial charge in [0.1, 0.15) is 0 Å². The van der Waals surface area contributed by atoms with Crippen LogP contribution in [-0.2, 0) is 6.54 Å². The van der Waals surface area contributed by atoms with E-state index in [0.29, 0.717) is 0 Å². The molecule has 19 heavy (non-hydrogen) atoms. The van der Waals surface area contributed by atoms with E-state index in [-0.39, 0.29) is 0 Å². The Labute approximate surface area is 120 Å². The molecule has 1 fully saturated rings. The summed E-state index contributed by atoms with van der Waals surface area (Å²) in [5.74, 6) is 0. The number of piperidine rings is 1. The first-order valence-electron chi connectivity index (χ1n) is 7.82. The van der Waals surface area contributed by atoms with Gasteiger partial charge in [-0.2, -0.15) is 0 Å². The largest absolute Gasteiger partial charge is 0.317 e. The number of hydrogen-bond donors (Lipinski definition) is 1. The van der Waals surface area contributed by atoms with Crippen molar-refractivity contribution in [3.05, 3.63) is 35.9 Å². The highest BCUT2D eigenvalue weighted by Crippen LogP contribution is 2.13. The maximum atomic E-state index is 3.36. The van der Waals surface area contributed by atoms with Gasteiger partial charge in [0.2, 0.25) is 0 Å². The topological polar surface area (TPSA) is 15.3 Å². The fourth-order valence-corrected chi connectivity index (χ4v) is 2.22. The number of nitrogens with zero attached hydrogens (tertiary/aromatic N) is 1. The van der Waals surface area contributed by atoms with Gasteiger partial charge in [-0.15, -0.1) is 0 Å². The minimum Gasteiger partial charge on any atom is -0.317 e. The van der Waals surface area contributed by atoms with Gasteiger partial charge in [0, 0.05) is 12.6 Å². The predicted molar refractivity (Wildman–Crippen MR) is 86.5 cm³/mol. The second-order valence-electron chi connectivity index (χ2n) is 4.32. The van der Waals surface area contributed by atoms with Crippen LogP contribution in [0, 0.1) is 0 Å². The van der Waals surface area contributed by atoms with Crippen LogP contribution in [0.2, 0.25) is 0 Å². The van der Waals surface area contributed by atoms with Gasteiger partial charge in [-0.1, -0.05) is 58.0 Å². The van der Waals surface area contributed by atoms with Gasteiger partial charge < -0.3 is 5.32 Å². The SMILES string of the molecule is CC.CC.CNC1CCN(Cc2ccccc2)CC1. The smallest absolute Gasteiger partial charge is 0.0233 e. The molecule has 1 aromatic rings. The zero-order valence-electron chi connectivity index (χ0n) is 13.4. The second kappa shape index (κ2) is 12.2. The van der Waals surface area contributed by atoms with Crippen LogP contribution in [0.3, 0.4) is 0 Å². The Morgan fingerprint density at radius 1 is 1.00 bits per heavy atom. The maximum absolute atomic E-state index is 3.36. The molecule has 1 saturated heterocycles. The van der Waals surface area contributed by atoms with E-state index in [2.05, 4.69) is 47.6 Å². The summed E-state index contributed by atoms with van der Waals surface area (Å²) >= 11 is 0. The summed E-state index contributed by atoms with van der Waals surface area (Å²) in [6, 6.07) is 11.5. The van der Waals surface area contributed by atoms with Crippen LogP contribution >= 0.6 is 0 Å². The maximum Gasteiger partial charge on any atom is 0.0233 e. The Bertz CT molecular complexity index is 277. The van der Waals surface area contributed by atoms with Crippen LogP contribution in [0.1, 0.15) is 46.1 Å². The first-order valence-corrected chi connectivity index (χ1v) is 7.82. The van der Waals surface area contributed by atoms with E-state index in [1.165, 1.54) is 31.5 Å². The first-order chi connectivity index (χ1) is 9.38. The van der Waals surface area contributed by atoms with Crippen molar-refractivity contribution in [1.29, 1.82) is 0 Å². The fraction of sp³-hybridized carbons (Fsp3) is 0.647. The quantitative estimate of drug-likeness (QED) is 0.890. The summed E-state index contributed by atoms with van der Waals surface area (Å²) in [6.07, 6.45) is 2.56. The molecule has 2 nitrogen and oxygen atoms in total. The third-order valence-electron chi connectivity index (χ3n) is 3.24. The van der Waals surface area contributed by atoms with Gasteiger partial charge in [-0.25, -0.2) is 0 Å². The van der Waals surface area contributed by atoms with Crippen molar-refractivity contribution in [2.75, 3.05) is 20.1 Å². The molecular formula is C17H32N2. The van der Waals surface area contributed by atoms with Crippen LogP contribution < -0.4 is 5.32 Å². The van der Waals surface area contributed by atoms with E-state index in [1.807, 2.05) is 27.7 Å². The highest BCUT2D eigenvalue weighted by Gasteiger charge is 2.17. The van der Waals surface area contributed by atoms with E-state index in [4.69, 9.17) is 0 Å². The molecule has 0 saturated carbocycles. The van der Waals surface area contributed by atoms with E-state index in [1.54, 1.807) is 0 Å². The molecule has 1 aromatic carbocycles. The molecule has 2 heteroatoms. The highest BCUT2D eigenvalue weighted by atomic mass is 15.1. The lowest BCUT2D eigenvalue weighted by Crippen LogP contribution is -2.40.